The predicted octanol–water partition coefficient (Wildman–Crippen LogP) is 2.67. The number of hydrogen-bond acceptors (Lipinski definition) is 7. The van der Waals surface area contributed by atoms with Gasteiger partial charge in [-0.15, -0.1) is 0 Å². The Morgan fingerprint density at radius 1 is 1.03 bits per heavy atom. The van der Waals surface area contributed by atoms with Crippen molar-refractivity contribution in [3.8, 4) is 0 Å². The van der Waals surface area contributed by atoms with Crippen molar-refractivity contribution in [1.82, 2.24) is 0 Å². The molecule has 0 aromatic heterocycles. The van der Waals surface area contributed by atoms with Gasteiger partial charge in [0.1, 0.15) is 6.61 Å². The predicted molar refractivity (Wildman–Crippen MR) is 112 cm³/mol. The van der Waals surface area contributed by atoms with E-state index in [4.69, 9.17) is 9.29 Å². The van der Waals surface area contributed by atoms with E-state index < -0.39 is 45.3 Å². The summed E-state index contributed by atoms with van der Waals surface area (Å²) in [5, 5.41) is 18.3. The van der Waals surface area contributed by atoms with E-state index in [0.29, 0.717) is 26.2 Å². The first-order valence-corrected chi connectivity index (χ1v) is 13.3. The van der Waals surface area contributed by atoms with Crippen LogP contribution in [0.2, 0.25) is 0 Å². The summed E-state index contributed by atoms with van der Waals surface area (Å²) in [5.74, 6) is -1.23. The van der Waals surface area contributed by atoms with Gasteiger partial charge in [0, 0.05) is 0 Å². The van der Waals surface area contributed by atoms with Gasteiger partial charge in [0.2, 0.25) is 0 Å². The van der Waals surface area contributed by atoms with E-state index in [2.05, 4.69) is 4.74 Å². The molecule has 8 nitrogen and oxygen atoms in total. The zero-order valence-electron chi connectivity index (χ0n) is 18.8. The average molecular weight is 497 g/mol. The first-order valence-electron chi connectivity index (χ1n) is 11.9. The number of carbonyl (C=O) groups excluding carboxylic acids is 1. The van der Waals surface area contributed by atoms with Crippen molar-refractivity contribution in [2.75, 3.05) is 6.61 Å². The molecule has 0 heterocycles. The molecule has 0 aliphatic heterocycles. The highest BCUT2D eigenvalue weighted by Crippen LogP contribution is 2.64. The zero-order chi connectivity index (χ0) is 24.2. The van der Waals surface area contributed by atoms with Crippen molar-refractivity contribution >= 4 is 16.1 Å². The normalized spacial score (nSPS) is 36.2. The minimum absolute atomic E-state index is 0.0200. The molecule has 190 valence electrons. The topological polar surface area (TPSA) is 130 Å². The maximum absolute atomic E-state index is 13.6. The van der Waals surface area contributed by atoms with Crippen molar-refractivity contribution < 1.29 is 46.2 Å². The lowest BCUT2D eigenvalue weighted by atomic mass is 9.62. The summed E-state index contributed by atoms with van der Waals surface area (Å²) in [4.78, 5) is 12.1. The quantitative estimate of drug-likeness (QED) is 0.345. The van der Waals surface area contributed by atoms with Crippen LogP contribution in [0, 0.1) is 23.7 Å². The van der Waals surface area contributed by atoms with Crippen molar-refractivity contribution in [1.29, 1.82) is 0 Å². The van der Waals surface area contributed by atoms with Gasteiger partial charge in [-0.05, 0) is 69.1 Å². The van der Waals surface area contributed by atoms with E-state index >= 15 is 0 Å². The van der Waals surface area contributed by atoms with Gasteiger partial charge in [-0.3, -0.25) is 4.55 Å². The van der Waals surface area contributed by atoms with Crippen LogP contribution in [0.15, 0.2) is 0 Å². The molecule has 4 fully saturated rings. The molecule has 4 rings (SSSR count). The number of aliphatic hydroxyl groups is 2. The number of fused-ring (bicyclic) bond motifs is 2. The lowest BCUT2D eigenvalue weighted by Crippen LogP contribution is -2.54. The minimum atomic E-state index is -5.73. The van der Waals surface area contributed by atoms with Crippen LogP contribution in [0.4, 0.5) is 8.78 Å². The molecule has 0 aromatic carbocycles. The zero-order valence-corrected chi connectivity index (χ0v) is 19.6. The summed E-state index contributed by atoms with van der Waals surface area (Å²) in [7, 11) is -5.73. The van der Waals surface area contributed by atoms with E-state index in [1.165, 1.54) is 0 Å². The SMILES string of the molecule is CC(OC(=O)COC1CC2CC1C(C1(O)CCCC1)C2C1(O)CCCC1)C(F)(F)S(=O)(=O)O. The number of rotatable bonds is 8. The van der Waals surface area contributed by atoms with E-state index in [1.807, 2.05) is 0 Å². The van der Waals surface area contributed by atoms with Gasteiger partial charge < -0.3 is 19.7 Å². The molecule has 0 amide bonds. The van der Waals surface area contributed by atoms with Gasteiger partial charge in [-0.25, -0.2) is 4.79 Å². The fourth-order valence-electron chi connectivity index (χ4n) is 7.32. The lowest BCUT2D eigenvalue weighted by Gasteiger charge is -2.48. The summed E-state index contributed by atoms with van der Waals surface area (Å²) in [6.45, 7) is 0.0433. The molecule has 4 aliphatic carbocycles. The third-order valence-corrected chi connectivity index (χ3v) is 9.68. The second-order valence-corrected chi connectivity index (χ2v) is 12.1. The minimum Gasteiger partial charge on any atom is -0.453 e. The highest BCUT2D eigenvalue weighted by molar-refractivity contribution is 7.86. The Kier molecular flexibility index (Phi) is 6.61. The van der Waals surface area contributed by atoms with Crippen LogP contribution in [0.1, 0.15) is 71.1 Å². The molecule has 0 spiro atoms. The molecule has 0 radical (unpaired) electrons. The molecular formula is C22H34F2O8S. The Hall–Kier alpha value is -0.880. The standard InChI is InChI=1S/C22H34F2O8S/c1-13(22(23,24)33(28,29)30)32-17(25)12-31-16-11-14-10-15(16)19(21(27)8-4-5-9-21)18(14)20(26)6-2-3-7-20/h13-16,18-19,26-27H,2-12H2,1H3,(H,28,29,30). The molecular weight excluding hydrogens is 462 g/mol. The lowest BCUT2D eigenvalue weighted by molar-refractivity contribution is -0.174. The number of alkyl halides is 2. The van der Waals surface area contributed by atoms with E-state index in [0.717, 1.165) is 44.9 Å². The van der Waals surface area contributed by atoms with E-state index in [-0.39, 0.29) is 29.8 Å². The van der Waals surface area contributed by atoms with Crippen molar-refractivity contribution in [2.24, 2.45) is 23.7 Å². The van der Waals surface area contributed by atoms with Crippen molar-refractivity contribution in [3.63, 3.8) is 0 Å². The summed E-state index contributed by atoms with van der Waals surface area (Å²) < 4.78 is 67.8. The van der Waals surface area contributed by atoms with Crippen LogP contribution in [-0.4, -0.2) is 64.4 Å². The highest BCUT2D eigenvalue weighted by Gasteiger charge is 2.65. The van der Waals surface area contributed by atoms with Crippen molar-refractivity contribution in [2.45, 2.75) is 99.8 Å². The molecule has 33 heavy (non-hydrogen) atoms. The molecule has 4 aliphatic rings. The molecule has 2 bridgehead atoms. The smallest absolute Gasteiger partial charge is 0.405 e. The Morgan fingerprint density at radius 2 is 1.55 bits per heavy atom. The number of hydrogen-bond donors (Lipinski definition) is 3. The molecule has 0 saturated heterocycles. The molecule has 11 heteroatoms. The summed E-state index contributed by atoms with van der Waals surface area (Å²) in [5.41, 5.74) is -1.67. The largest absolute Gasteiger partial charge is 0.453 e. The van der Waals surface area contributed by atoms with E-state index in [1.54, 1.807) is 0 Å². The van der Waals surface area contributed by atoms with Crippen LogP contribution in [0.3, 0.4) is 0 Å². The van der Waals surface area contributed by atoms with Crippen LogP contribution >= 0.6 is 0 Å². The summed E-state index contributed by atoms with van der Waals surface area (Å²) in [6, 6.07) is 0. The van der Waals surface area contributed by atoms with E-state index in [9.17, 15) is 32.2 Å². The second-order valence-electron chi connectivity index (χ2n) is 10.6. The van der Waals surface area contributed by atoms with Gasteiger partial charge in [0.15, 0.2) is 6.10 Å². The molecule has 6 atom stereocenters. The number of carbonyl (C=O) groups is 1. The third kappa shape index (κ3) is 4.44. The summed E-state index contributed by atoms with van der Waals surface area (Å²) in [6.07, 6.45) is 5.20. The van der Waals surface area contributed by atoms with Gasteiger partial charge in [-0.2, -0.15) is 17.2 Å². The number of ether oxygens (including phenoxy) is 2. The molecule has 3 N–H and O–H groups in total. The van der Waals surface area contributed by atoms with Crippen LogP contribution in [0.5, 0.6) is 0 Å². The maximum atomic E-state index is 13.6. The summed E-state index contributed by atoms with van der Waals surface area (Å²) >= 11 is 0. The number of halogens is 2. The third-order valence-electron chi connectivity index (χ3n) is 8.66. The van der Waals surface area contributed by atoms with Crippen LogP contribution < -0.4 is 0 Å². The average Bonchev–Trinajstić information content (AvgIpc) is 3.49. The number of esters is 1. The Labute approximate surface area is 192 Å². The first-order chi connectivity index (χ1) is 15.3. The molecule has 0 aromatic rings. The van der Waals surface area contributed by atoms with Gasteiger partial charge in [0.05, 0.1) is 17.3 Å². The van der Waals surface area contributed by atoms with Gasteiger partial charge >= 0.3 is 21.3 Å². The highest BCUT2D eigenvalue weighted by atomic mass is 32.2. The Morgan fingerprint density at radius 3 is 2.06 bits per heavy atom. The van der Waals surface area contributed by atoms with Gasteiger partial charge in [-0.1, -0.05) is 25.7 Å². The fourth-order valence-corrected chi connectivity index (χ4v) is 7.79. The maximum Gasteiger partial charge on any atom is 0.405 e. The molecule has 6 unspecified atom stereocenters. The van der Waals surface area contributed by atoms with Crippen LogP contribution in [-0.2, 0) is 24.4 Å². The Bertz CT molecular complexity index is 850. The second kappa shape index (κ2) is 8.65. The Balaban J connectivity index is 1.42. The fraction of sp³-hybridized carbons (Fsp3) is 0.955. The van der Waals surface area contributed by atoms with Crippen molar-refractivity contribution in [3.05, 3.63) is 0 Å². The first kappa shape index (κ1) is 25.2. The monoisotopic (exact) mass is 496 g/mol. The van der Waals surface area contributed by atoms with Crippen LogP contribution in [0.25, 0.3) is 0 Å². The van der Waals surface area contributed by atoms with Gasteiger partial charge in [0.25, 0.3) is 0 Å². The molecule has 4 saturated carbocycles.